The summed E-state index contributed by atoms with van der Waals surface area (Å²) in [6, 6.07) is 0. The molecule has 1 rings (SSSR count). The molecule has 0 radical (unpaired) electrons. The van der Waals surface area contributed by atoms with E-state index in [-0.39, 0.29) is 0 Å². The molecular weight excluding hydrogens is 102 g/mol. The second kappa shape index (κ2) is 1.78. The number of hydrogen-bond donors (Lipinski definition) is 1. The van der Waals surface area contributed by atoms with Gasteiger partial charge in [-0.25, -0.2) is 4.57 Å². The molecule has 2 N–H and O–H groups in total. The number of rotatable bonds is 0. The molecular formula is C5H8N3+. The quantitative estimate of drug-likeness (QED) is 0.457. The minimum absolute atomic E-state index is 0.674. The zero-order valence-corrected chi connectivity index (χ0v) is 4.70. The van der Waals surface area contributed by atoms with E-state index in [1.807, 2.05) is 7.05 Å². The van der Waals surface area contributed by atoms with E-state index in [2.05, 4.69) is 4.98 Å². The molecule has 0 aromatic carbocycles. The molecule has 0 spiro atoms. The van der Waals surface area contributed by atoms with Gasteiger partial charge in [0.05, 0.1) is 13.2 Å². The van der Waals surface area contributed by atoms with Gasteiger partial charge < -0.3 is 0 Å². The monoisotopic (exact) mass is 110 g/mol. The minimum Gasteiger partial charge on any atom is -0.286 e. The Bertz CT molecular complexity index is 164. The highest BCUT2D eigenvalue weighted by Crippen LogP contribution is 1.81. The first-order valence-corrected chi connectivity index (χ1v) is 2.36. The standard InChI is InChI=1S/C5H7N3/c1-8-3-2-7-4-5(8)6/h2-4,6H,1H3/p+1. The second-order valence-corrected chi connectivity index (χ2v) is 1.61. The number of aromatic nitrogens is 2. The van der Waals surface area contributed by atoms with E-state index in [0.29, 0.717) is 5.82 Å². The Labute approximate surface area is 47.8 Å². The molecule has 1 aromatic rings. The fourth-order valence-electron chi connectivity index (χ4n) is 0.435. The third-order valence-corrected chi connectivity index (χ3v) is 0.990. The lowest BCUT2D eigenvalue weighted by Gasteiger charge is -1.88. The van der Waals surface area contributed by atoms with Gasteiger partial charge >= 0.3 is 0 Å². The van der Waals surface area contributed by atoms with Gasteiger partial charge in [-0.1, -0.05) is 0 Å². The Morgan fingerprint density at radius 2 is 2.50 bits per heavy atom. The lowest BCUT2D eigenvalue weighted by atomic mass is 10.6. The molecule has 0 atom stereocenters. The fourth-order valence-corrected chi connectivity index (χ4v) is 0.435. The smallest absolute Gasteiger partial charge is 0.286 e. The second-order valence-electron chi connectivity index (χ2n) is 1.61. The van der Waals surface area contributed by atoms with Crippen LogP contribution in [0.1, 0.15) is 0 Å². The normalized spacial score (nSPS) is 9.12. The highest BCUT2D eigenvalue weighted by atomic mass is 15.0. The third kappa shape index (κ3) is 0.753. The highest BCUT2D eigenvalue weighted by Gasteiger charge is 1.91. The zero-order chi connectivity index (χ0) is 5.98. The molecule has 8 heavy (non-hydrogen) atoms. The Balaban J connectivity index is 3.13. The molecule has 0 aliphatic heterocycles. The summed E-state index contributed by atoms with van der Waals surface area (Å²) < 4.78 is 1.80. The summed E-state index contributed by atoms with van der Waals surface area (Å²) in [6.07, 6.45) is 5.10. The molecule has 3 heteroatoms. The molecule has 0 aliphatic rings. The maximum Gasteiger partial charge on any atom is 0.290 e. The van der Waals surface area contributed by atoms with E-state index in [1.54, 1.807) is 23.2 Å². The highest BCUT2D eigenvalue weighted by molar-refractivity contribution is 5.12. The van der Waals surface area contributed by atoms with Crippen LogP contribution in [0.3, 0.4) is 0 Å². The molecule has 0 amide bonds. The topological polar surface area (TPSA) is 42.8 Å². The van der Waals surface area contributed by atoms with Crippen molar-refractivity contribution >= 4 is 5.82 Å². The van der Waals surface area contributed by atoms with Crippen LogP contribution in [0.2, 0.25) is 0 Å². The molecule has 1 heterocycles. The molecule has 0 aliphatic carbocycles. The first-order valence-electron chi connectivity index (χ1n) is 2.36. The molecule has 0 saturated heterocycles. The van der Waals surface area contributed by atoms with Gasteiger partial charge in [0.1, 0.15) is 12.4 Å². The van der Waals surface area contributed by atoms with Crippen LogP contribution in [0.15, 0.2) is 18.6 Å². The Morgan fingerprint density at radius 3 is 2.88 bits per heavy atom. The van der Waals surface area contributed by atoms with Gasteiger partial charge in [-0.15, -0.1) is 0 Å². The van der Waals surface area contributed by atoms with Crippen molar-refractivity contribution in [1.82, 2.24) is 4.98 Å². The summed E-state index contributed by atoms with van der Waals surface area (Å²) in [7, 11) is 1.87. The van der Waals surface area contributed by atoms with Gasteiger partial charge in [-0.3, -0.25) is 10.7 Å². The van der Waals surface area contributed by atoms with Crippen molar-refractivity contribution in [3.05, 3.63) is 18.6 Å². The Kier molecular flexibility index (Phi) is 1.12. The molecule has 1 aromatic heterocycles. The van der Waals surface area contributed by atoms with Crippen LogP contribution in [0.25, 0.3) is 0 Å². The number of nitrogens with two attached hydrogens (primary N) is 1. The van der Waals surface area contributed by atoms with Crippen LogP contribution in [-0.4, -0.2) is 4.98 Å². The lowest BCUT2D eigenvalue weighted by Crippen LogP contribution is -2.31. The van der Waals surface area contributed by atoms with E-state index >= 15 is 0 Å². The Morgan fingerprint density at radius 1 is 1.75 bits per heavy atom. The number of nitrogen functional groups attached to an aromatic ring is 1. The zero-order valence-electron chi connectivity index (χ0n) is 4.70. The van der Waals surface area contributed by atoms with Crippen LogP contribution >= 0.6 is 0 Å². The van der Waals surface area contributed by atoms with E-state index in [9.17, 15) is 0 Å². The summed E-state index contributed by atoms with van der Waals surface area (Å²) in [5.74, 6) is 0.674. The third-order valence-electron chi connectivity index (χ3n) is 0.990. The summed E-state index contributed by atoms with van der Waals surface area (Å²) in [5, 5.41) is 0. The largest absolute Gasteiger partial charge is 0.290 e. The fraction of sp³-hybridized carbons (Fsp3) is 0.200. The SMILES string of the molecule is C[n+]1ccncc1N. The maximum absolute atomic E-state index is 5.42. The lowest BCUT2D eigenvalue weighted by molar-refractivity contribution is -0.657. The molecule has 0 bridgehead atoms. The summed E-state index contributed by atoms with van der Waals surface area (Å²) in [5.41, 5.74) is 5.42. The van der Waals surface area contributed by atoms with E-state index in [1.165, 1.54) is 0 Å². The van der Waals surface area contributed by atoms with Crippen molar-refractivity contribution in [2.45, 2.75) is 0 Å². The summed E-state index contributed by atoms with van der Waals surface area (Å²) >= 11 is 0. The average molecular weight is 110 g/mol. The molecule has 0 fully saturated rings. The molecule has 42 valence electrons. The van der Waals surface area contributed by atoms with E-state index < -0.39 is 0 Å². The minimum atomic E-state index is 0.674. The number of nitrogens with zero attached hydrogens (tertiary/aromatic N) is 2. The van der Waals surface area contributed by atoms with Crippen LogP contribution in [0.4, 0.5) is 5.82 Å². The van der Waals surface area contributed by atoms with Gasteiger partial charge in [0, 0.05) is 0 Å². The van der Waals surface area contributed by atoms with Gasteiger partial charge in [-0.2, -0.15) is 0 Å². The van der Waals surface area contributed by atoms with Crippen LogP contribution in [-0.2, 0) is 7.05 Å². The molecule has 3 nitrogen and oxygen atoms in total. The van der Waals surface area contributed by atoms with Crippen LogP contribution in [0, 0.1) is 0 Å². The molecule has 0 saturated carbocycles. The first kappa shape index (κ1) is 5.03. The predicted molar refractivity (Wildman–Crippen MR) is 29.8 cm³/mol. The average Bonchev–Trinajstić information content (AvgIpc) is 1.77. The van der Waals surface area contributed by atoms with E-state index in [4.69, 9.17) is 5.73 Å². The number of aryl methyl sites for hydroxylation is 1. The van der Waals surface area contributed by atoms with E-state index in [0.717, 1.165) is 0 Å². The predicted octanol–water partition coefficient (Wildman–Crippen LogP) is -0.512. The van der Waals surface area contributed by atoms with Crippen molar-refractivity contribution in [2.24, 2.45) is 7.05 Å². The summed E-state index contributed by atoms with van der Waals surface area (Å²) in [4.78, 5) is 3.80. The molecule has 0 unspecified atom stereocenters. The van der Waals surface area contributed by atoms with Gasteiger partial charge in [0.2, 0.25) is 0 Å². The van der Waals surface area contributed by atoms with Gasteiger partial charge in [0.25, 0.3) is 5.82 Å². The Hall–Kier alpha value is -1.12. The van der Waals surface area contributed by atoms with Crippen molar-refractivity contribution in [3.8, 4) is 0 Å². The number of hydrogen-bond acceptors (Lipinski definition) is 2. The van der Waals surface area contributed by atoms with Gasteiger partial charge in [-0.05, 0) is 0 Å². The number of anilines is 1. The summed E-state index contributed by atoms with van der Waals surface area (Å²) in [6.45, 7) is 0. The van der Waals surface area contributed by atoms with Crippen molar-refractivity contribution in [2.75, 3.05) is 5.73 Å². The van der Waals surface area contributed by atoms with Crippen molar-refractivity contribution < 1.29 is 4.57 Å². The van der Waals surface area contributed by atoms with Crippen LogP contribution in [0.5, 0.6) is 0 Å². The van der Waals surface area contributed by atoms with Gasteiger partial charge in [0.15, 0.2) is 0 Å². The first-order chi connectivity index (χ1) is 3.80. The van der Waals surface area contributed by atoms with Crippen molar-refractivity contribution in [1.29, 1.82) is 0 Å². The van der Waals surface area contributed by atoms with Crippen LogP contribution < -0.4 is 10.3 Å². The maximum atomic E-state index is 5.42. The van der Waals surface area contributed by atoms with Crippen molar-refractivity contribution in [3.63, 3.8) is 0 Å².